The van der Waals surface area contributed by atoms with Crippen LogP contribution in [0.4, 0.5) is 5.82 Å². The van der Waals surface area contributed by atoms with Gasteiger partial charge in [-0.2, -0.15) is 0 Å². The molecule has 0 atom stereocenters. The molecule has 31 heavy (non-hydrogen) atoms. The zero-order chi connectivity index (χ0) is 22.1. The van der Waals surface area contributed by atoms with Gasteiger partial charge >= 0.3 is 0 Å². The van der Waals surface area contributed by atoms with Crippen LogP contribution in [0.25, 0.3) is 11.7 Å². The van der Waals surface area contributed by atoms with Crippen molar-refractivity contribution in [2.75, 3.05) is 11.9 Å². The van der Waals surface area contributed by atoms with Crippen LogP contribution in [-0.2, 0) is 11.3 Å². The van der Waals surface area contributed by atoms with Crippen molar-refractivity contribution in [3.8, 4) is 0 Å². The lowest BCUT2D eigenvalue weighted by molar-refractivity contribution is -0.122. The molecular formula is C22H22N4O3S2. The highest BCUT2D eigenvalue weighted by Gasteiger charge is 2.33. The summed E-state index contributed by atoms with van der Waals surface area (Å²) in [5.74, 6) is 1.20. The summed E-state index contributed by atoms with van der Waals surface area (Å²) >= 11 is 6.60. The first-order valence-corrected chi connectivity index (χ1v) is 11.1. The molecule has 0 spiro atoms. The quantitative estimate of drug-likeness (QED) is 0.444. The standard InChI is InChI=1S/C22H22N4O3S2/c1-13(2)12-26-21(28)17(31-22(26)30)10-16-18(23-11-15-7-5-9-29-15)24-19-14(3)6-4-8-25(19)20(16)27/h4-10,13,23H,11-12H2,1-3H3/b17-10+. The molecule has 1 N–H and O–H groups in total. The average molecular weight is 455 g/mol. The van der Waals surface area contributed by atoms with Gasteiger partial charge in [-0.15, -0.1) is 0 Å². The molecule has 1 aliphatic heterocycles. The van der Waals surface area contributed by atoms with Crippen LogP contribution in [0.5, 0.6) is 0 Å². The fourth-order valence-corrected chi connectivity index (χ4v) is 4.57. The molecule has 3 aromatic heterocycles. The number of aromatic nitrogens is 2. The molecule has 7 nitrogen and oxygen atoms in total. The molecule has 0 bridgehead atoms. The van der Waals surface area contributed by atoms with Gasteiger partial charge in [0.15, 0.2) is 0 Å². The van der Waals surface area contributed by atoms with Gasteiger partial charge in [-0.05, 0) is 42.7 Å². The number of thioether (sulfide) groups is 1. The van der Waals surface area contributed by atoms with E-state index in [0.717, 1.165) is 5.56 Å². The highest BCUT2D eigenvalue weighted by Crippen LogP contribution is 2.33. The van der Waals surface area contributed by atoms with Crippen molar-refractivity contribution < 1.29 is 9.21 Å². The van der Waals surface area contributed by atoms with Crippen molar-refractivity contribution in [2.45, 2.75) is 27.3 Å². The maximum Gasteiger partial charge on any atom is 0.267 e. The molecule has 0 aliphatic carbocycles. The fourth-order valence-electron chi connectivity index (χ4n) is 3.31. The molecule has 160 valence electrons. The van der Waals surface area contributed by atoms with E-state index in [4.69, 9.17) is 16.6 Å². The molecular weight excluding hydrogens is 432 g/mol. The Hall–Kier alpha value is -2.91. The molecule has 1 aliphatic rings. The first-order valence-electron chi connectivity index (χ1n) is 9.88. The number of nitrogens with one attached hydrogen (secondary N) is 1. The number of carbonyl (C=O) groups is 1. The van der Waals surface area contributed by atoms with Gasteiger partial charge < -0.3 is 9.73 Å². The minimum absolute atomic E-state index is 0.186. The van der Waals surface area contributed by atoms with Gasteiger partial charge in [-0.1, -0.05) is 43.9 Å². The predicted octanol–water partition coefficient (Wildman–Crippen LogP) is 4.07. The zero-order valence-electron chi connectivity index (χ0n) is 17.4. The third-order valence-corrected chi connectivity index (χ3v) is 6.17. The molecule has 1 saturated heterocycles. The Kier molecular flexibility index (Phi) is 5.97. The Morgan fingerprint density at radius 1 is 1.29 bits per heavy atom. The van der Waals surface area contributed by atoms with E-state index in [1.807, 2.05) is 32.9 Å². The van der Waals surface area contributed by atoms with Gasteiger partial charge in [-0.25, -0.2) is 4.98 Å². The van der Waals surface area contributed by atoms with Gasteiger partial charge in [0, 0.05) is 12.7 Å². The number of aryl methyl sites for hydroxylation is 1. The summed E-state index contributed by atoms with van der Waals surface area (Å²) in [6.07, 6.45) is 4.86. The summed E-state index contributed by atoms with van der Waals surface area (Å²) in [5, 5.41) is 3.19. The van der Waals surface area contributed by atoms with Crippen LogP contribution >= 0.6 is 24.0 Å². The van der Waals surface area contributed by atoms with Crippen LogP contribution in [0.2, 0.25) is 0 Å². The first kappa shape index (κ1) is 21.3. The maximum atomic E-state index is 13.3. The SMILES string of the molecule is Cc1cccn2c(=O)c(/C=C3/SC(=S)N(CC(C)C)C3=O)c(NCc3ccco3)nc12. The normalized spacial score (nSPS) is 15.6. The minimum atomic E-state index is -0.259. The molecule has 9 heteroatoms. The molecule has 3 aromatic rings. The second-order valence-electron chi connectivity index (χ2n) is 7.68. The van der Waals surface area contributed by atoms with Crippen LogP contribution in [0, 0.1) is 12.8 Å². The van der Waals surface area contributed by atoms with Gasteiger partial charge in [-0.3, -0.25) is 18.9 Å². The zero-order valence-corrected chi connectivity index (χ0v) is 19.0. The summed E-state index contributed by atoms with van der Waals surface area (Å²) in [7, 11) is 0. The van der Waals surface area contributed by atoms with Gasteiger partial charge in [0.25, 0.3) is 11.5 Å². The molecule has 0 unspecified atom stereocenters. The number of rotatable bonds is 6. The number of amides is 1. The maximum absolute atomic E-state index is 13.3. The fraction of sp³-hybridized carbons (Fsp3) is 0.273. The molecule has 1 amide bonds. The van der Waals surface area contributed by atoms with Crippen molar-refractivity contribution in [2.24, 2.45) is 5.92 Å². The largest absolute Gasteiger partial charge is 0.467 e. The van der Waals surface area contributed by atoms with E-state index in [2.05, 4.69) is 10.3 Å². The van der Waals surface area contributed by atoms with E-state index in [9.17, 15) is 9.59 Å². The van der Waals surface area contributed by atoms with Crippen LogP contribution < -0.4 is 10.9 Å². The number of pyridine rings is 1. The molecule has 4 rings (SSSR count). The average Bonchev–Trinajstić information content (AvgIpc) is 3.33. The number of hydrogen-bond donors (Lipinski definition) is 1. The molecule has 4 heterocycles. The monoisotopic (exact) mass is 454 g/mol. The first-order chi connectivity index (χ1) is 14.8. The smallest absolute Gasteiger partial charge is 0.267 e. The summed E-state index contributed by atoms with van der Waals surface area (Å²) in [6, 6.07) is 7.33. The second-order valence-corrected chi connectivity index (χ2v) is 9.36. The van der Waals surface area contributed by atoms with Crippen molar-refractivity contribution >= 4 is 51.7 Å². The summed E-state index contributed by atoms with van der Waals surface area (Å²) in [6.45, 7) is 6.85. The number of nitrogens with zero attached hydrogens (tertiary/aromatic N) is 3. The predicted molar refractivity (Wildman–Crippen MR) is 127 cm³/mol. The third kappa shape index (κ3) is 4.28. The lowest BCUT2D eigenvalue weighted by Gasteiger charge is -2.16. The summed E-state index contributed by atoms with van der Waals surface area (Å²) < 4.78 is 7.37. The van der Waals surface area contributed by atoms with Crippen molar-refractivity contribution in [3.05, 3.63) is 68.9 Å². The van der Waals surface area contributed by atoms with Gasteiger partial charge in [0.05, 0.1) is 23.3 Å². The van der Waals surface area contributed by atoms with Crippen LogP contribution in [0.1, 0.15) is 30.7 Å². The van der Waals surface area contributed by atoms with Crippen molar-refractivity contribution in [3.63, 3.8) is 0 Å². The number of fused-ring (bicyclic) bond motifs is 1. The van der Waals surface area contributed by atoms with Gasteiger partial charge in [0.1, 0.15) is 21.5 Å². The Morgan fingerprint density at radius 3 is 2.81 bits per heavy atom. The highest BCUT2D eigenvalue weighted by molar-refractivity contribution is 8.26. The van der Waals surface area contributed by atoms with E-state index in [1.54, 1.807) is 35.6 Å². The number of thiocarbonyl (C=S) groups is 1. The van der Waals surface area contributed by atoms with E-state index in [-0.39, 0.29) is 17.4 Å². The topological polar surface area (TPSA) is 79.9 Å². The Bertz CT molecular complexity index is 1250. The van der Waals surface area contributed by atoms with Gasteiger partial charge in [0.2, 0.25) is 0 Å². The second kappa shape index (κ2) is 8.68. The molecule has 0 aromatic carbocycles. The minimum Gasteiger partial charge on any atom is -0.467 e. The summed E-state index contributed by atoms with van der Waals surface area (Å²) in [5.41, 5.74) is 1.47. The Balaban J connectivity index is 1.80. The molecule has 0 saturated carbocycles. The van der Waals surface area contributed by atoms with E-state index in [1.165, 1.54) is 16.2 Å². The van der Waals surface area contributed by atoms with E-state index in [0.29, 0.717) is 45.1 Å². The number of carbonyl (C=O) groups excluding carboxylic acids is 1. The van der Waals surface area contributed by atoms with Crippen molar-refractivity contribution in [1.29, 1.82) is 0 Å². The van der Waals surface area contributed by atoms with E-state index >= 15 is 0 Å². The number of hydrogen-bond acceptors (Lipinski definition) is 7. The Labute approximate surface area is 189 Å². The molecule has 0 radical (unpaired) electrons. The van der Waals surface area contributed by atoms with E-state index < -0.39 is 0 Å². The number of anilines is 1. The number of furan rings is 1. The van der Waals surface area contributed by atoms with Crippen LogP contribution in [-0.4, -0.2) is 31.1 Å². The lowest BCUT2D eigenvalue weighted by atomic mass is 10.2. The molecule has 1 fully saturated rings. The Morgan fingerprint density at radius 2 is 2.10 bits per heavy atom. The summed E-state index contributed by atoms with van der Waals surface area (Å²) in [4.78, 5) is 33.0. The third-order valence-electron chi connectivity index (χ3n) is 4.79. The highest BCUT2D eigenvalue weighted by atomic mass is 32.2. The van der Waals surface area contributed by atoms with Crippen molar-refractivity contribution in [1.82, 2.24) is 14.3 Å². The van der Waals surface area contributed by atoms with Crippen LogP contribution in [0.15, 0.2) is 50.8 Å². The lowest BCUT2D eigenvalue weighted by Crippen LogP contribution is -2.31. The van der Waals surface area contributed by atoms with Crippen LogP contribution in [0.3, 0.4) is 0 Å².